The summed E-state index contributed by atoms with van der Waals surface area (Å²) in [6, 6.07) is 12.0. The van der Waals surface area contributed by atoms with Crippen molar-refractivity contribution in [1.29, 1.82) is 0 Å². The Labute approximate surface area is 196 Å². The van der Waals surface area contributed by atoms with E-state index in [9.17, 15) is 9.59 Å². The summed E-state index contributed by atoms with van der Waals surface area (Å²) in [7, 11) is 3.95. The fourth-order valence-corrected chi connectivity index (χ4v) is 4.49. The third-order valence-corrected chi connectivity index (χ3v) is 6.59. The Morgan fingerprint density at radius 2 is 1.91 bits per heavy atom. The highest BCUT2D eigenvalue weighted by molar-refractivity contribution is 6.31. The normalized spacial score (nSPS) is 15.4. The van der Waals surface area contributed by atoms with E-state index in [1.54, 1.807) is 12.2 Å². The van der Waals surface area contributed by atoms with Gasteiger partial charge in [-0.1, -0.05) is 35.9 Å². The highest BCUT2D eigenvalue weighted by Gasteiger charge is 2.47. The van der Waals surface area contributed by atoms with Gasteiger partial charge in [-0.2, -0.15) is 0 Å². The molecule has 0 saturated carbocycles. The second-order valence-corrected chi connectivity index (χ2v) is 9.69. The van der Waals surface area contributed by atoms with Crippen LogP contribution in [0, 0.1) is 6.92 Å². The topological polar surface area (TPSA) is 52.7 Å². The average molecular weight is 454 g/mol. The average Bonchev–Trinajstić information content (AvgIpc) is 2.72. The van der Waals surface area contributed by atoms with Gasteiger partial charge < -0.3 is 19.9 Å². The molecule has 0 atom stereocenters. The Balaban J connectivity index is 2.03. The summed E-state index contributed by atoms with van der Waals surface area (Å²) in [5.41, 5.74) is 3.92. The molecule has 2 aromatic carbocycles. The third kappa shape index (κ3) is 4.40. The highest BCUT2D eigenvalue weighted by atomic mass is 35.5. The zero-order chi connectivity index (χ0) is 23.7. The van der Waals surface area contributed by atoms with Crippen LogP contribution in [0.2, 0.25) is 5.02 Å². The van der Waals surface area contributed by atoms with Gasteiger partial charge in [0.2, 0.25) is 5.91 Å². The maximum Gasteiger partial charge on any atom is 0.246 e. The molecule has 0 aromatic heterocycles. The van der Waals surface area contributed by atoms with Crippen LogP contribution in [0.5, 0.6) is 0 Å². The molecular formula is C26H32ClN3O2. The Bertz CT molecular complexity index is 1050. The number of anilines is 2. The second kappa shape index (κ2) is 8.99. The molecule has 0 spiro atoms. The Morgan fingerprint density at radius 1 is 1.22 bits per heavy atom. The summed E-state index contributed by atoms with van der Waals surface area (Å²) in [6.07, 6.45) is 4.34. The molecule has 6 heteroatoms. The lowest BCUT2D eigenvalue weighted by atomic mass is 9.79. The molecular weight excluding hydrogens is 422 g/mol. The first-order valence-corrected chi connectivity index (χ1v) is 11.2. The minimum Gasteiger partial charge on any atom is -0.377 e. The largest absolute Gasteiger partial charge is 0.377 e. The molecule has 2 aromatic rings. The monoisotopic (exact) mass is 453 g/mol. The van der Waals surface area contributed by atoms with E-state index in [-0.39, 0.29) is 5.91 Å². The summed E-state index contributed by atoms with van der Waals surface area (Å²) in [5, 5.41) is 4.41. The number of carbonyl (C=O) groups is 2. The molecule has 170 valence electrons. The first-order chi connectivity index (χ1) is 15.0. The number of rotatable bonds is 7. The molecule has 1 aliphatic rings. The van der Waals surface area contributed by atoms with Gasteiger partial charge in [0.15, 0.2) is 0 Å². The number of amides is 1. The van der Waals surface area contributed by atoms with Crippen molar-refractivity contribution in [2.24, 2.45) is 0 Å². The lowest BCUT2D eigenvalue weighted by Gasteiger charge is -2.51. The summed E-state index contributed by atoms with van der Waals surface area (Å²) < 4.78 is 0. The van der Waals surface area contributed by atoms with Crippen LogP contribution in [0.4, 0.5) is 11.4 Å². The van der Waals surface area contributed by atoms with Crippen LogP contribution in [-0.2, 0) is 20.5 Å². The van der Waals surface area contributed by atoms with Crippen molar-refractivity contribution < 1.29 is 9.59 Å². The zero-order valence-electron chi connectivity index (χ0n) is 19.7. The van der Waals surface area contributed by atoms with Crippen LogP contribution >= 0.6 is 11.6 Å². The summed E-state index contributed by atoms with van der Waals surface area (Å²) in [6.45, 7) is 8.77. The van der Waals surface area contributed by atoms with Gasteiger partial charge in [0.1, 0.15) is 6.29 Å². The quantitative estimate of drug-likeness (QED) is 0.477. The number of allylic oxidation sites excluding steroid dienone is 1. The lowest BCUT2D eigenvalue weighted by molar-refractivity contribution is -0.132. The molecule has 1 saturated heterocycles. The molecule has 0 bridgehead atoms. The molecule has 0 radical (unpaired) electrons. The van der Waals surface area contributed by atoms with Gasteiger partial charge in [-0.15, -0.1) is 0 Å². The molecule has 0 aliphatic carbocycles. The maximum atomic E-state index is 12.4. The minimum absolute atomic E-state index is 0.00154. The van der Waals surface area contributed by atoms with Crippen molar-refractivity contribution >= 4 is 35.2 Å². The Kier molecular flexibility index (Phi) is 6.70. The Morgan fingerprint density at radius 3 is 2.50 bits per heavy atom. The number of nitrogens with zero attached hydrogens (tertiary/aromatic N) is 2. The number of hydrogen-bond donors (Lipinski definition) is 1. The van der Waals surface area contributed by atoms with Gasteiger partial charge in [0.05, 0.1) is 18.6 Å². The number of aldehydes is 1. The fraction of sp³-hybridized carbons (Fsp3) is 0.385. The number of halogens is 1. The number of likely N-dealkylation sites (tertiary alicyclic amines) is 1. The van der Waals surface area contributed by atoms with Crippen LogP contribution in [-0.4, -0.2) is 44.3 Å². The predicted octanol–water partition coefficient (Wildman–Crippen LogP) is 4.92. The zero-order valence-corrected chi connectivity index (χ0v) is 20.5. The molecule has 1 fully saturated rings. The minimum atomic E-state index is -0.592. The van der Waals surface area contributed by atoms with Crippen molar-refractivity contribution in [2.45, 2.75) is 38.6 Å². The maximum absolute atomic E-state index is 12.4. The number of carbonyl (C=O) groups excluding carboxylic acids is 2. The second-order valence-electron chi connectivity index (χ2n) is 9.28. The van der Waals surface area contributed by atoms with Crippen molar-refractivity contribution in [3.63, 3.8) is 0 Å². The third-order valence-electron chi connectivity index (χ3n) is 6.18. The molecule has 32 heavy (non-hydrogen) atoms. The molecule has 1 aliphatic heterocycles. The van der Waals surface area contributed by atoms with Crippen molar-refractivity contribution in [1.82, 2.24) is 4.90 Å². The van der Waals surface area contributed by atoms with Crippen LogP contribution in [0.3, 0.4) is 0 Å². The van der Waals surface area contributed by atoms with E-state index in [4.69, 9.17) is 11.6 Å². The molecule has 5 nitrogen and oxygen atoms in total. The summed E-state index contributed by atoms with van der Waals surface area (Å²) >= 11 is 6.45. The van der Waals surface area contributed by atoms with Crippen LogP contribution < -0.4 is 10.2 Å². The summed E-state index contributed by atoms with van der Waals surface area (Å²) in [5.74, 6) is 0.00154. The first kappa shape index (κ1) is 23.9. The van der Waals surface area contributed by atoms with Gasteiger partial charge in [0.25, 0.3) is 0 Å². The molecule has 1 amide bonds. The fourth-order valence-electron chi connectivity index (χ4n) is 4.32. The van der Waals surface area contributed by atoms with Gasteiger partial charge in [-0.3, -0.25) is 4.79 Å². The predicted molar refractivity (Wildman–Crippen MR) is 133 cm³/mol. The Hall–Kier alpha value is -2.79. The SMILES string of the molecule is C/C=C/C(=O)N1CC(Nc2ccc(C(C)(C)C=O)c(N(C)C)c2)(c2cccc(Cl)c2C)C1. The molecule has 3 rings (SSSR count). The van der Waals surface area contributed by atoms with Gasteiger partial charge in [-0.25, -0.2) is 0 Å². The molecule has 0 unspecified atom stereocenters. The van der Waals surface area contributed by atoms with E-state index in [0.717, 1.165) is 34.4 Å². The van der Waals surface area contributed by atoms with E-state index >= 15 is 0 Å². The number of benzene rings is 2. The van der Waals surface area contributed by atoms with Crippen molar-refractivity contribution in [3.05, 3.63) is 70.3 Å². The summed E-state index contributed by atoms with van der Waals surface area (Å²) in [4.78, 5) is 28.0. The van der Waals surface area contributed by atoms with Crippen molar-refractivity contribution in [3.8, 4) is 0 Å². The van der Waals surface area contributed by atoms with Crippen LogP contribution in [0.15, 0.2) is 48.6 Å². The van der Waals surface area contributed by atoms with Crippen LogP contribution in [0.1, 0.15) is 37.5 Å². The van der Waals surface area contributed by atoms with Gasteiger partial charge >= 0.3 is 0 Å². The number of hydrogen-bond acceptors (Lipinski definition) is 4. The van der Waals surface area contributed by atoms with Crippen molar-refractivity contribution in [2.75, 3.05) is 37.4 Å². The smallest absolute Gasteiger partial charge is 0.246 e. The van der Waals surface area contributed by atoms with E-state index in [0.29, 0.717) is 18.1 Å². The van der Waals surface area contributed by atoms with E-state index < -0.39 is 11.0 Å². The van der Waals surface area contributed by atoms with E-state index in [2.05, 4.69) is 17.4 Å². The standard InChI is InChI=1S/C26H32ClN3O2/c1-7-9-24(32)30-15-26(16-30,20-10-8-11-22(27)18(20)2)28-19-12-13-21(25(3,4)17-31)23(14-19)29(5)6/h7-14,17,28H,15-16H2,1-6H3/b9-7+. The van der Waals surface area contributed by atoms with Gasteiger partial charge in [-0.05, 0) is 68.7 Å². The van der Waals surface area contributed by atoms with Gasteiger partial charge in [0, 0.05) is 35.9 Å². The number of nitrogens with one attached hydrogen (secondary N) is 1. The van der Waals surface area contributed by atoms with E-state index in [1.807, 2.05) is 75.9 Å². The van der Waals surface area contributed by atoms with E-state index in [1.165, 1.54) is 0 Å². The molecule has 1 heterocycles. The van der Waals surface area contributed by atoms with Crippen LogP contribution in [0.25, 0.3) is 0 Å². The first-order valence-electron chi connectivity index (χ1n) is 10.8. The molecule has 1 N–H and O–H groups in total. The highest BCUT2D eigenvalue weighted by Crippen LogP contribution is 2.41. The lowest BCUT2D eigenvalue weighted by Crippen LogP contribution is -2.65.